The molecule has 1 aromatic rings. The van der Waals surface area contributed by atoms with Crippen LogP contribution in [0.3, 0.4) is 0 Å². The molecule has 0 unspecified atom stereocenters. The second kappa shape index (κ2) is 9.40. The third-order valence-electron chi connectivity index (χ3n) is 4.52. The number of aromatic nitrogens is 1. The van der Waals surface area contributed by atoms with Crippen LogP contribution in [0.4, 0.5) is 0 Å². The molecule has 2 rings (SSSR count). The van der Waals surface area contributed by atoms with Crippen molar-refractivity contribution in [2.75, 3.05) is 13.2 Å². The normalized spacial score (nSPS) is 19.2. The molecule has 29 heavy (non-hydrogen) atoms. The Labute approximate surface area is 173 Å². The van der Waals surface area contributed by atoms with Crippen LogP contribution in [0.5, 0.6) is 5.88 Å². The van der Waals surface area contributed by atoms with Gasteiger partial charge in [-0.15, -0.1) is 0 Å². The molecule has 0 saturated carbocycles. The Bertz CT molecular complexity index is 819. The summed E-state index contributed by atoms with van der Waals surface area (Å²) in [6.07, 6.45) is 1.78. The topological polar surface area (TPSA) is 106 Å². The highest BCUT2D eigenvalue weighted by atomic mass is 32.2. The van der Waals surface area contributed by atoms with Crippen LogP contribution in [0.15, 0.2) is 17.0 Å². The lowest BCUT2D eigenvalue weighted by atomic mass is 10.2. The van der Waals surface area contributed by atoms with E-state index < -0.39 is 27.6 Å². The van der Waals surface area contributed by atoms with Crippen molar-refractivity contribution in [3.05, 3.63) is 17.8 Å². The first kappa shape index (κ1) is 23.6. The number of aliphatic hydroxyl groups excluding tert-OH is 1. The highest BCUT2D eigenvalue weighted by Gasteiger charge is 2.42. The van der Waals surface area contributed by atoms with Gasteiger partial charge in [0.2, 0.25) is 15.9 Å². The quantitative estimate of drug-likeness (QED) is 0.634. The summed E-state index contributed by atoms with van der Waals surface area (Å²) in [7, 11) is -4.01. The maximum atomic E-state index is 13.4. The Morgan fingerprint density at radius 3 is 2.69 bits per heavy atom. The zero-order valence-electron chi connectivity index (χ0n) is 17.8. The molecule has 2 heterocycles. The molecule has 1 fully saturated rings. The summed E-state index contributed by atoms with van der Waals surface area (Å²) in [4.78, 5) is 16.8. The van der Waals surface area contributed by atoms with Gasteiger partial charge in [0, 0.05) is 18.8 Å². The number of rotatable bonds is 8. The average molecular weight is 429 g/mol. The molecule has 1 aromatic heterocycles. The summed E-state index contributed by atoms with van der Waals surface area (Å²) in [6.45, 7) is 9.08. The fourth-order valence-corrected chi connectivity index (χ4v) is 4.89. The minimum atomic E-state index is -4.01. The standard InChI is InChI=1S/C20H32N2O6S/c1-14-10-11-17(18(21-14)27-15(2)8-7-13-23)29(25,26)22-12-6-9-16(22)19(24)28-20(3,4)5/h10-11,15-16,23H,6-9,12-13H2,1-5H3/t15-,16-/m0/s1. The largest absolute Gasteiger partial charge is 0.474 e. The van der Waals surface area contributed by atoms with E-state index in [2.05, 4.69) is 4.98 Å². The molecule has 1 aliphatic heterocycles. The average Bonchev–Trinajstić information content (AvgIpc) is 3.09. The molecule has 2 atom stereocenters. The smallest absolute Gasteiger partial charge is 0.324 e. The number of sulfonamides is 1. The lowest BCUT2D eigenvalue weighted by Gasteiger charge is -2.27. The van der Waals surface area contributed by atoms with Crippen LogP contribution in [-0.4, -0.2) is 59.7 Å². The molecule has 0 spiro atoms. The second-order valence-corrected chi connectivity index (χ2v) is 10.2. The van der Waals surface area contributed by atoms with Gasteiger partial charge in [0.25, 0.3) is 0 Å². The van der Waals surface area contributed by atoms with Crippen molar-refractivity contribution in [1.82, 2.24) is 9.29 Å². The van der Waals surface area contributed by atoms with Crippen molar-refractivity contribution >= 4 is 16.0 Å². The van der Waals surface area contributed by atoms with Gasteiger partial charge in [0.05, 0.1) is 6.10 Å². The van der Waals surface area contributed by atoms with Crippen molar-refractivity contribution < 1.29 is 27.8 Å². The zero-order valence-corrected chi connectivity index (χ0v) is 18.7. The Morgan fingerprint density at radius 2 is 2.07 bits per heavy atom. The maximum absolute atomic E-state index is 13.4. The first-order valence-electron chi connectivity index (χ1n) is 9.95. The van der Waals surface area contributed by atoms with E-state index in [-0.39, 0.29) is 30.0 Å². The fraction of sp³-hybridized carbons (Fsp3) is 0.700. The molecule has 0 aromatic carbocycles. The predicted octanol–water partition coefficient (Wildman–Crippen LogP) is 2.42. The van der Waals surface area contributed by atoms with E-state index in [1.165, 1.54) is 10.4 Å². The number of hydrogen-bond donors (Lipinski definition) is 1. The molecule has 0 radical (unpaired) electrons. The molecule has 164 valence electrons. The number of carbonyl (C=O) groups excluding carboxylic acids is 1. The Morgan fingerprint density at radius 1 is 1.38 bits per heavy atom. The number of nitrogens with zero attached hydrogens (tertiary/aromatic N) is 2. The summed E-state index contributed by atoms with van der Waals surface area (Å²) in [5, 5.41) is 9.00. The SMILES string of the molecule is Cc1ccc(S(=O)(=O)N2CCC[C@H]2C(=O)OC(C)(C)C)c(O[C@@H](C)CCCO)n1. The molecule has 1 saturated heterocycles. The number of hydrogen-bond acceptors (Lipinski definition) is 7. The number of pyridine rings is 1. The van der Waals surface area contributed by atoms with Crippen LogP contribution in [-0.2, 0) is 19.6 Å². The molecule has 1 N–H and O–H groups in total. The van der Waals surface area contributed by atoms with Gasteiger partial charge in [-0.05, 0) is 72.4 Å². The van der Waals surface area contributed by atoms with Gasteiger partial charge >= 0.3 is 5.97 Å². The van der Waals surface area contributed by atoms with Crippen LogP contribution in [0, 0.1) is 6.92 Å². The fourth-order valence-electron chi connectivity index (χ4n) is 3.19. The summed E-state index contributed by atoms with van der Waals surface area (Å²) >= 11 is 0. The highest BCUT2D eigenvalue weighted by molar-refractivity contribution is 7.89. The van der Waals surface area contributed by atoms with E-state index in [0.29, 0.717) is 31.4 Å². The number of aryl methyl sites for hydroxylation is 1. The van der Waals surface area contributed by atoms with E-state index in [9.17, 15) is 13.2 Å². The van der Waals surface area contributed by atoms with Crippen LogP contribution in [0.2, 0.25) is 0 Å². The van der Waals surface area contributed by atoms with Crippen molar-refractivity contribution in [2.45, 2.75) is 82.9 Å². The van der Waals surface area contributed by atoms with Gasteiger partial charge in [-0.2, -0.15) is 4.31 Å². The monoisotopic (exact) mass is 428 g/mol. The molecule has 0 bridgehead atoms. The van der Waals surface area contributed by atoms with Crippen molar-refractivity contribution in [1.29, 1.82) is 0 Å². The minimum Gasteiger partial charge on any atom is -0.474 e. The lowest BCUT2D eigenvalue weighted by molar-refractivity contribution is -0.158. The van der Waals surface area contributed by atoms with E-state index in [1.54, 1.807) is 40.7 Å². The maximum Gasteiger partial charge on any atom is 0.324 e. The van der Waals surface area contributed by atoms with Gasteiger partial charge < -0.3 is 14.6 Å². The van der Waals surface area contributed by atoms with Gasteiger partial charge in [-0.3, -0.25) is 4.79 Å². The summed E-state index contributed by atoms with van der Waals surface area (Å²) in [6, 6.07) is 2.22. The Hall–Kier alpha value is -1.71. The Kier molecular flexibility index (Phi) is 7.64. The van der Waals surface area contributed by atoms with Gasteiger partial charge in [-0.1, -0.05) is 0 Å². The zero-order chi connectivity index (χ0) is 21.8. The number of aliphatic hydroxyl groups is 1. The predicted molar refractivity (Wildman–Crippen MR) is 108 cm³/mol. The molecule has 0 aliphatic carbocycles. The summed E-state index contributed by atoms with van der Waals surface area (Å²) in [5.41, 5.74) is -0.0740. The number of esters is 1. The van der Waals surface area contributed by atoms with Crippen LogP contribution < -0.4 is 4.74 Å². The van der Waals surface area contributed by atoms with Crippen molar-refractivity contribution in [2.24, 2.45) is 0 Å². The summed E-state index contributed by atoms with van der Waals surface area (Å²) in [5.74, 6) is -0.525. The van der Waals surface area contributed by atoms with Crippen molar-refractivity contribution in [3.63, 3.8) is 0 Å². The highest BCUT2D eigenvalue weighted by Crippen LogP contribution is 2.32. The van der Waals surface area contributed by atoms with Crippen LogP contribution in [0.25, 0.3) is 0 Å². The third-order valence-corrected chi connectivity index (χ3v) is 6.44. The van der Waals surface area contributed by atoms with E-state index in [0.717, 1.165) is 0 Å². The minimum absolute atomic E-state index is 0.0188. The first-order valence-corrected chi connectivity index (χ1v) is 11.4. The second-order valence-electron chi connectivity index (χ2n) is 8.36. The number of carbonyl (C=O) groups is 1. The van der Waals surface area contributed by atoms with Gasteiger partial charge in [0.15, 0.2) is 0 Å². The van der Waals surface area contributed by atoms with Crippen molar-refractivity contribution in [3.8, 4) is 5.88 Å². The number of ether oxygens (including phenoxy) is 2. The molecule has 0 amide bonds. The van der Waals surface area contributed by atoms with E-state index >= 15 is 0 Å². The molecule has 1 aliphatic rings. The molecular formula is C20H32N2O6S. The van der Waals surface area contributed by atoms with Crippen LogP contribution in [0.1, 0.15) is 59.1 Å². The molecule has 9 heteroatoms. The summed E-state index contributed by atoms with van der Waals surface area (Å²) < 4.78 is 39.2. The molecule has 8 nitrogen and oxygen atoms in total. The van der Waals surface area contributed by atoms with Gasteiger partial charge in [0.1, 0.15) is 16.5 Å². The lowest BCUT2D eigenvalue weighted by Crippen LogP contribution is -2.43. The first-order chi connectivity index (χ1) is 13.5. The van der Waals surface area contributed by atoms with E-state index in [1.807, 2.05) is 0 Å². The van der Waals surface area contributed by atoms with Crippen LogP contribution >= 0.6 is 0 Å². The van der Waals surface area contributed by atoms with Gasteiger partial charge in [-0.25, -0.2) is 13.4 Å². The molecular weight excluding hydrogens is 396 g/mol. The third kappa shape index (κ3) is 6.13. The van der Waals surface area contributed by atoms with E-state index in [4.69, 9.17) is 14.6 Å². The Balaban J connectivity index is 2.33.